The molecule has 8 amide bonds. The number of aliphatic imine (C=N–C) groups is 1. The number of carboxylic acid groups (broad SMARTS) is 2. The first-order chi connectivity index (χ1) is 59.5. The van der Waals surface area contributed by atoms with Crippen LogP contribution in [0.4, 0.5) is 0 Å². The summed E-state index contributed by atoms with van der Waals surface area (Å²) in [5, 5.41) is 87.2. The maximum atomic E-state index is 15.1. The number of hydrogen-bond acceptors (Lipinski definition) is 20. The average molecular weight is 1700 g/mol. The number of para-hydroxylation sites is 2. The highest BCUT2D eigenvalue weighted by molar-refractivity contribution is 6.02. The van der Waals surface area contributed by atoms with Gasteiger partial charge in [-0.25, -0.2) is 14.6 Å². The zero-order valence-electron chi connectivity index (χ0n) is 68.5. The van der Waals surface area contributed by atoms with Crippen molar-refractivity contribution in [3.63, 3.8) is 0 Å². The van der Waals surface area contributed by atoms with Gasteiger partial charge in [-0.1, -0.05) is 117 Å². The van der Waals surface area contributed by atoms with Gasteiger partial charge in [-0.2, -0.15) is 0 Å². The third-order valence-corrected chi connectivity index (χ3v) is 22.5. The molecule has 124 heavy (non-hydrogen) atoms. The number of aromatic amines is 3. The van der Waals surface area contributed by atoms with E-state index in [0.29, 0.717) is 64.5 Å². The van der Waals surface area contributed by atoms with Crippen LogP contribution in [0.15, 0.2) is 180 Å². The van der Waals surface area contributed by atoms with Crippen LogP contribution in [0.2, 0.25) is 0 Å². The Hall–Kier alpha value is -13.8. The van der Waals surface area contributed by atoms with Gasteiger partial charge in [0.15, 0.2) is 17.5 Å². The van der Waals surface area contributed by atoms with E-state index in [9.17, 15) is 83.4 Å². The van der Waals surface area contributed by atoms with Crippen molar-refractivity contribution in [2.24, 2.45) is 45.9 Å². The number of phenolic OH excluding ortho intramolecular Hbond substituents is 1. The van der Waals surface area contributed by atoms with Crippen LogP contribution in [0, 0.1) is 23.7 Å². The first-order valence-electron chi connectivity index (χ1n) is 41.1. The molecule has 0 bridgehead atoms. The van der Waals surface area contributed by atoms with E-state index in [4.69, 9.17) is 17.2 Å². The Morgan fingerprint density at radius 2 is 1.31 bits per heavy atom. The van der Waals surface area contributed by atoms with Crippen LogP contribution >= 0.6 is 0 Å². The van der Waals surface area contributed by atoms with E-state index in [-0.39, 0.29) is 160 Å². The number of aromatic carboxylic acids is 1. The van der Waals surface area contributed by atoms with Gasteiger partial charge in [0.25, 0.3) is 0 Å². The summed E-state index contributed by atoms with van der Waals surface area (Å²) in [6, 6.07) is 20.4. The number of H-pyrrole nitrogens is 3. The second kappa shape index (κ2) is 42.6. The first-order valence-corrected chi connectivity index (χ1v) is 41.1. The fourth-order valence-electron chi connectivity index (χ4n) is 16.1. The molecule has 2 aliphatic carbocycles. The number of guanidine groups is 1. The molecule has 2 aliphatic heterocycles. The van der Waals surface area contributed by atoms with Crippen molar-refractivity contribution < 1.29 is 88.2 Å². The number of carbonyl (C=O) groups is 12. The Balaban J connectivity index is 0.000000430. The summed E-state index contributed by atoms with van der Waals surface area (Å²) in [5.74, 6) is -11.1. The Bertz CT molecular complexity index is 5410. The zero-order valence-corrected chi connectivity index (χ0v) is 68.5. The molecule has 35 heteroatoms. The standard InChI is InChI=1S/C66H87N17O12.C23H18O6/c1-37(2)23-51(61(91)79-49(13-7-21-71-66(68)69)57(87)34-83-22-8-14-55(83)65(95)75-33-58(67)88)74-32-43(26-40-29-72-47-11-5-3-9-45(40)47)77-62(92)52(24-38-15-17-44(85)18-16-38)81-64(94)54(35-84)82-63(93)53(27-41-30-73-48-12-6-4-10-46(41)48)80-60(90)39(25-42-31-70-36-76-42)28-56(86)50-19-20-59(89)78-50;24-20-16(14-7-3-1-5-12(14)9-18(20)22(26)27)11-17-15-8-4-2-6-13(15)10-19(21(17)25)23(28)29/h3-6,9-12,15-18,29-31,36-37,39,43,49-55,72-74,84-85H,7-8,13-14,19-28,32-35H2,1-2H3,(H2,67,88)(H,70,76)(H,75,95)(H,77,92)(H,78,89)(H,79,91)(H,80,90)(H,81,94)(H,82,93)(H4,68,69,71);1-10,12,14,24-25H,11H2,(H,26,27)(H,28,29). The third kappa shape index (κ3) is 24.1. The Labute approximate surface area is 712 Å². The van der Waals surface area contributed by atoms with E-state index in [1.807, 2.05) is 86.8 Å². The van der Waals surface area contributed by atoms with E-state index in [1.165, 1.54) is 36.8 Å². The molecule has 5 heterocycles. The SMILES string of the molecule is CC(C)CC(NCC(Cc1c[nH]c2ccccc12)NC(=O)C(Cc1ccc(O)cc1)NC(=O)C(CO)NC(=O)C(Cc1c[nH]c2ccccc12)NC(=O)C(CC(=O)C1CCC(=O)N1)Cc1cnc[nH]1)C(=O)NC(CCCN=C(N)N)C(=O)CN1CCCC1C(=O)NCC(N)=O.O=C(O)C1=CC2C=CC=CC2C(Cc2c(O)c(C(=O)O)cc3ccccc23)=C1O. The lowest BCUT2D eigenvalue weighted by Gasteiger charge is -2.30. The molecule has 12 rings (SSSR count). The second-order valence-electron chi connectivity index (χ2n) is 31.8. The van der Waals surface area contributed by atoms with Crippen LogP contribution in [0.5, 0.6) is 11.5 Å². The molecule has 0 saturated carbocycles. The number of likely N-dealkylation sites (tertiary alicyclic amines) is 1. The Morgan fingerprint density at radius 1 is 0.677 bits per heavy atom. The minimum absolute atomic E-state index is 0.0121. The number of carbonyl (C=O) groups excluding carboxylic acids is 10. The highest BCUT2D eigenvalue weighted by Gasteiger charge is 2.40. The number of nitrogens with one attached hydrogen (secondary N) is 11. The van der Waals surface area contributed by atoms with Gasteiger partial charge in [-0.05, 0) is 121 Å². The predicted octanol–water partition coefficient (Wildman–Crippen LogP) is 3.29. The number of nitrogens with zero attached hydrogens (tertiary/aromatic N) is 3. The number of aliphatic hydroxyl groups excluding tert-OH is 2. The minimum Gasteiger partial charge on any atom is -0.508 e. The molecule has 0 spiro atoms. The number of aliphatic hydroxyl groups is 2. The lowest BCUT2D eigenvalue weighted by Crippen LogP contribution is -2.60. The lowest BCUT2D eigenvalue weighted by atomic mass is 9.74. The fraction of sp³-hybridized carbons (Fsp3) is 0.371. The number of hydrogen-bond donors (Lipinski definition) is 20. The lowest BCUT2D eigenvalue weighted by molar-refractivity contribution is -0.135. The molecule has 8 aromatic rings. The van der Waals surface area contributed by atoms with Crippen LogP contribution in [-0.4, -0.2) is 220 Å². The normalized spacial score (nSPS) is 17.8. The number of amides is 8. The number of primary amides is 1. The number of imidazole rings is 1. The number of benzene rings is 5. The summed E-state index contributed by atoms with van der Waals surface area (Å²) in [4.78, 5) is 181. The van der Waals surface area contributed by atoms with Gasteiger partial charge < -0.3 is 105 Å². The Kier molecular flexibility index (Phi) is 31.3. The number of nitrogens with two attached hydrogens (primary N) is 3. The van der Waals surface area contributed by atoms with Crippen molar-refractivity contribution >= 4 is 109 Å². The molecule has 23 N–H and O–H groups in total. The van der Waals surface area contributed by atoms with E-state index < -0.39 is 114 Å². The summed E-state index contributed by atoms with van der Waals surface area (Å²) < 4.78 is 0. The van der Waals surface area contributed by atoms with Gasteiger partial charge in [0, 0.05) is 121 Å². The number of allylic oxidation sites excluding steroid dienone is 6. The first kappa shape index (κ1) is 91.0. The highest BCUT2D eigenvalue weighted by atomic mass is 16.4. The molecule has 3 aromatic heterocycles. The van der Waals surface area contributed by atoms with Crippen molar-refractivity contribution in [3.05, 3.63) is 209 Å². The van der Waals surface area contributed by atoms with Crippen LogP contribution in [0.1, 0.15) is 104 Å². The number of aliphatic carboxylic acids is 1. The summed E-state index contributed by atoms with van der Waals surface area (Å²) in [5.41, 5.74) is 20.8. The number of fused-ring (bicyclic) bond motifs is 4. The van der Waals surface area contributed by atoms with Crippen molar-refractivity contribution in [2.45, 2.75) is 146 Å². The zero-order chi connectivity index (χ0) is 88.8. The summed E-state index contributed by atoms with van der Waals surface area (Å²) >= 11 is 0. The maximum Gasteiger partial charge on any atom is 0.339 e. The molecule has 4 aliphatic rings. The smallest absolute Gasteiger partial charge is 0.339 e. The van der Waals surface area contributed by atoms with Gasteiger partial charge in [-0.15, -0.1) is 0 Å². The number of rotatable bonds is 41. The number of aromatic hydroxyl groups is 2. The van der Waals surface area contributed by atoms with Crippen molar-refractivity contribution in [3.8, 4) is 11.5 Å². The fourth-order valence-corrected chi connectivity index (χ4v) is 16.1. The second-order valence-corrected chi connectivity index (χ2v) is 31.8. The van der Waals surface area contributed by atoms with Crippen molar-refractivity contribution in [1.82, 2.24) is 67.4 Å². The maximum absolute atomic E-state index is 15.1. The molecule has 654 valence electrons. The van der Waals surface area contributed by atoms with Crippen molar-refractivity contribution in [2.75, 3.05) is 39.3 Å². The summed E-state index contributed by atoms with van der Waals surface area (Å²) in [6.07, 6.45) is 17.1. The highest BCUT2D eigenvalue weighted by Crippen LogP contribution is 2.42. The number of Topliss-reactive ketones (excluding diaryl/α,β-unsaturated/α-hetero) is 2. The third-order valence-electron chi connectivity index (χ3n) is 22.5. The molecule has 2 saturated heterocycles. The Morgan fingerprint density at radius 3 is 1.95 bits per heavy atom. The number of phenols is 2. The van der Waals surface area contributed by atoms with E-state index >= 15 is 4.79 Å². The van der Waals surface area contributed by atoms with Gasteiger partial charge in [-0.3, -0.25) is 57.8 Å². The topological polar surface area (TPSA) is 576 Å². The van der Waals surface area contributed by atoms with Crippen LogP contribution in [0.25, 0.3) is 32.6 Å². The monoisotopic (exact) mass is 1700 g/mol. The number of ketones is 2. The summed E-state index contributed by atoms with van der Waals surface area (Å²) in [6.45, 7) is 2.85. The van der Waals surface area contributed by atoms with Gasteiger partial charge in [0.2, 0.25) is 47.3 Å². The molecule has 2 fully saturated rings. The molecule has 0 radical (unpaired) electrons. The molecule has 11 unspecified atom stereocenters. The van der Waals surface area contributed by atoms with Crippen LogP contribution < -0.4 is 59.7 Å². The van der Waals surface area contributed by atoms with Gasteiger partial charge in [0.1, 0.15) is 40.9 Å². The van der Waals surface area contributed by atoms with Gasteiger partial charge in [0.05, 0.1) is 61.7 Å². The number of carboxylic acids is 2. The van der Waals surface area contributed by atoms with E-state index in [2.05, 4.69) is 67.5 Å². The largest absolute Gasteiger partial charge is 0.508 e. The van der Waals surface area contributed by atoms with Crippen LogP contribution in [-0.2, 0) is 84.8 Å². The molecule has 35 nitrogen and oxygen atoms in total. The molecule has 11 atom stereocenters. The number of aromatic nitrogens is 4. The van der Waals surface area contributed by atoms with Crippen LogP contribution in [0.3, 0.4) is 0 Å². The predicted molar refractivity (Wildman–Crippen MR) is 459 cm³/mol. The van der Waals surface area contributed by atoms with Gasteiger partial charge >= 0.3 is 11.9 Å². The van der Waals surface area contributed by atoms with Crippen molar-refractivity contribution in [1.29, 1.82) is 0 Å². The summed E-state index contributed by atoms with van der Waals surface area (Å²) in [7, 11) is 0. The molecular weight excluding hydrogens is 1600 g/mol. The minimum atomic E-state index is -1.71. The molecule has 5 aromatic carbocycles. The molecular formula is C89H105N17O18. The van der Waals surface area contributed by atoms with E-state index in [0.717, 1.165) is 27.4 Å². The van der Waals surface area contributed by atoms with E-state index in [1.54, 1.807) is 53.6 Å². The average Bonchev–Trinajstić information content (AvgIpc) is 0.819. The quantitative estimate of drug-likeness (QED) is 0.0148.